The van der Waals surface area contributed by atoms with E-state index in [9.17, 15) is 13.6 Å². The van der Waals surface area contributed by atoms with Gasteiger partial charge >= 0.3 is 0 Å². The summed E-state index contributed by atoms with van der Waals surface area (Å²) in [5, 5.41) is 0. The molecule has 2 aliphatic heterocycles. The fourth-order valence-corrected chi connectivity index (χ4v) is 6.06. The highest BCUT2D eigenvalue weighted by Crippen LogP contribution is 2.37. The second-order valence-corrected chi connectivity index (χ2v) is 12.3. The zero-order valence-corrected chi connectivity index (χ0v) is 25.6. The molecule has 5 rings (SSSR count). The molecule has 2 heterocycles. The highest BCUT2D eigenvalue weighted by Gasteiger charge is 2.32. The first kappa shape index (κ1) is 30.8. The third kappa shape index (κ3) is 8.49. The number of nitrogens with zero attached hydrogens (tertiary/aromatic N) is 2. The summed E-state index contributed by atoms with van der Waals surface area (Å²) in [4.78, 5) is 19.6. The Kier molecular flexibility index (Phi) is 10.6. The van der Waals surface area contributed by atoms with E-state index in [0.717, 1.165) is 81.2 Å². The monoisotopic (exact) mass is 582 g/mol. The molecule has 226 valence electrons. The maximum absolute atomic E-state index is 12.8. The predicted molar refractivity (Wildman–Crippen MR) is 175 cm³/mol. The van der Waals surface area contributed by atoms with Gasteiger partial charge in [0, 0.05) is 48.6 Å². The Labute approximate surface area is 255 Å². The molecular formula is C38H44F2N2O. The topological polar surface area (TPSA) is 32.7 Å². The Morgan fingerprint density at radius 3 is 2.70 bits per heavy atom. The number of carbonyl (C=O) groups is 1. The Bertz CT molecular complexity index is 1410. The largest absolute Gasteiger partial charge is 0.371 e. The lowest BCUT2D eigenvalue weighted by Gasteiger charge is -2.31. The molecule has 0 bridgehead atoms. The van der Waals surface area contributed by atoms with E-state index in [0.29, 0.717) is 18.1 Å². The van der Waals surface area contributed by atoms with Crippen molar-refractivity contribution >= 4 is 23.6 Å². The standard InChI is InChI=1S/C38H44F2N2O/c1-27(24-28(2)38(39)40)8-4-3-5-9-29-12-14-30(15-13-29)33-18-19-34-26-41-21-20-36(35(34)25-33)42-22-6-10-31(11-7-23-42)37(43)32-16-17-32/h5,8-10,12-15,18,20-21,25-26,28,32,38H,3-4,6-7,11,16-17,19,22-24H2,1-2H3/b9-5+,27-8-,31-10-. The van der Waals surface area contributed by atoms with Crippen molar-refractivity contribution in [1.82, 2.24) is 4.90 Å². The van der Waals surface area contributed by atoms with Gasteiger partial charge in [0.1, 0.15) is 0 Å². The fraction of sp³-hybridized carbons (Fsp3) is 0.421. The van der Waals surface area contributed by atoms with E-state index in [1.807, 2.05) is 19.3 Å². The number of ketones is 1. The van der Waals surface area contributed by atoms with Crippen LogP contribution in [0.3, 0.4) is 0 Å². The zero-order chi connectivity index (χ0) is 30.2. The zero-order valence-electron chi connectivity index (χ0n) is 25.6. The number of hydrogen-bond acceptors (Lipinski definition) is 3. The van der Waals surface area contributed by atoms with Crippen LogP contribution in [0.15, 0.2) is 99.9 Å². The predicted octanol–water partition coefficient (Wildman–Crippen LogP) is 9.67. The molecule has 3 nitrogen and oxygen atoms in total. The number of halogens is 2. The summed E-state index contributed by atoms with van der Waals surface area (Å²) in [6, 6.07) is 8.67. The summed E-state index contributed by atoms with van der Waals surface area (Å²) < 4.78 is 25.5. The molecule has 0 N–H and O–H groups in total. The van der Waals surface area contributed by atoms with E-state index < -0.39 is 12.3 Å². The third-order valence-electron chi connectivity index (χ3n) is 8.74. The van der Waals surface area contributed by atoms with Gasteiger partial charge < -0.3 is 4.90 Å². The molecule has 43 heavy (non-hydrogen) atoms. The normalized spacial score (nSPS) is 21.6. The van der Waals surface area contributed by atoms with Crippen molar-refractivity contribution in [2.75, 3.05) is 13.1 Å². The summed E-state index contributed by atoms with van der Waals surface area (Å²) >= 11 is 0. The van der Waals surface area contributed by atoms with E-state index >= 15 is 0 Å². The van der Waals surface area contributed by atoms with Gasteiger partial charge in [0.15, 0.2) is 5.78 Å². The number of allylic oxidation sites excluding steroid dienone is 9. The van der Waals surface area contributed by atoms with E-state index in [1.54, 1.807) is 6.92 Å². The number of benzene rings is 1. The molecule has 4 aliphatic rings. The molecule has 1 aromatic rings. The third-order valence-corrected chi connectivity index (χ3v) is 8.74. The highest BCUT2D eigenvalue weighted by molar-refractivity contribution is 5.98. The number of hydrogen-bond donors (Lipinski definition) is 0. The molecule has 1 fully saturated rings. The van der Waals surface area contributed by atoms with Crippen molar-refractivity contribution in [3.63, 3.8) is 0 Å². The van der Waals surface area contributed by atoms with Gasteiger partial charge in [0.2, 0.25) is 6.43 Å². The first-order chi connectivity index (χ1) is 20.9. The van der Waals surface area contributed by atoms with Crippen molar-refractivity contribution in [2.24, 2.45) is 16.8 Å². The second-order valence-electron chi connectivity index (χ2n) is 12.3. The molecule has 2 aliphatic carbocycles. The molecule has 1 atom stereocenters. The van der Waals surface area contributed by atoms with E-state index in [1.165, 1.54) is 28.0 Å². The fourth-order valence-electron chi connectivity index (χ4n) is 6.06. The van der Waals surface area contributed by atoms with Crippen LogP contribution in [0.5, 0.6) is 0 Å². The Balaban J connectivity index is 1.21. The quantitative estimate of drug-likeness (QED) is 0.192. The first-order valence-electron chi connectivity index (χ1n) is 15.9. The first-order valence-corrected chi connectivity index (χ1v) is 15.9. The van der Waals surface area contributed by atoms with Crippen molar-refractivity contribution in [3.05, 3.63) is 106 Å². The van der Waals surface area contributed by atoms with Gasteiger partial charge in [-0.05, 0) is 105 Å². The van der Waals surface area contributed by atoms with Crippen LogP contribution in [0.2, 0.25) is 0 Å². The smallest absolute Gasteiger partial charge is 0.241 e. The van der Waals surface area contributed by atoms with Crippen LogP contribution in [0.4, 0.5) is 8.78 Å². The van der Waals surface area contributed by atoms with Crippen LogP contribution in [-0.4, -0.2) is 36.4 Å². The maximum atomic E-state index is 12.8. The van der Waals surface area contributed by atoms with Crippen LogP contribution in [0.25, 0.3) is 11.6 Å². The van der Waals surface area contributed by atoms with Gasteiger partial charge in [0.05, 0.1) is 0 Å². The summed E-state index contributed by atoms with van der Waals surface area (Å²) in [5.41, 5.74) is 9.35. The minimum atomic E-state index is -2.26. The lowest BCUT2D eigenvalue weighted by Crippen LogP contribution is -2.28. The lowest BCUT2D eigenvalue weighted by atomic mass is 9.88. The molecule has 1 aromatic carbocycles. The molecule has 0 spiro atoms. The summed E-state index contributed by atoms with van der Waals surface area (Å²) in [6.45, 7) is 5.38. The van der Waals surface area contributed by atoms with Crippen LogP contribution < -0.4 is 0 Å². The molecule has 1 unspecified atom stereocenters. The molecule has 0 aromatic heterocycles. The van der Waals surface area contributed by atoms with Crippen LogP contribution in [0.1, 0.15) is 82.8 Å². The van der Waals surface area contributed by atoms with E-state index in [2.05, 4.69) is 76.7 Å². The number of rotatable bonds is 11. The molecular weight excluding hydrogens is 538 g/mol. The molecule has 0 amide bonds. The van der Waals surface area contributed by atoms with Gasteiger partial charge in [-0.2, -0.15) is 0 Å². The van der Waals surface area contributed by atoms with Gasteiger partial charge in [-0.15, -0.1) is 0 Å². The molecule has 0 radical (unpaired) electrons. The van der Waals surface area contributed by atoms with Gasteiger partial charge in [0.25, 0.3) is 0 Å². The molecule has 0 saturated heterocycles. The summed E-state index contributed by atoms with van der Waals surface area (Å²) in [5.74, 6) is 0.107. The number of aliphatic imine (C=N–C) groups is 1. The summed E-state index contributed by atoms with van der Waals surface area (Å²) in [7, 11) is 0. The SMILES string of the molecule is C/C(=C/CC/C=C/c1ccc(C2=CCC3=CN=CC=C(N4CC/C=C(\C(=O)C5CC5)CCC4)C3=C2)cc1)CC(C)C(F)F. The van der Waals surface area contributed by atoms with Crippen molar-refractivity contribution in [1.29, 1.82) is 0 Å². The average molecular weight is 583 g/mol. The molecule has 5 heteroatoms. The molecule has 1 saturated carbocycles. The average Bonchev–Trinajstić information content (AvgIpc) is 3.85. The van der Waals surface area contributed by atoms with Gasteiger partial charge in [-0.25, -0.2) is 8.78 Å². The Morgan fingerprint density at radius 2 is 1.93 bits per heavy atom. The summed E-state index contributed by atoms with van der Waals surface area (Å²) in [6.07, 6.45) is 24.8. The minimum absolute atomic E-state index is 0.298. The number of Topliss-reactive ketones (excluding diaryl/α,β-unsaturated/α-hetero) is 1. The van der Waals surface area contributed by atoms with Crippen LogP contribution in [-0.2, 0) is 4.79 Å². The maximum Gasteiger partial charge on any atom is 0.241 e. The van der Waals surface area contributed by atoms with Crippen LogP contribution >= 0.6 is 0 Å². The van der Waals surface area contributed by atoms with E-state index in [4.69, 9.17) is 0 Å². The van der Waals surface area contributed by atoms with Gasteiger partial charge in [-0.3, -0.25) is 9.79 Å². The minimum Gasteiger partial charge on any atom is -0.371 e. The Morgan fingerprint density at radius 1 is 1.12 bits per heavy atom. The number of fused-ring (bicyclic) bond motifs is 1. The number of unbranched alkanes of at least 4 members (excludes halogenated alkanes) is 1. The van der Waals surface area contributed by atoms with Crippen LogP contribution in [0, 0.1) is 11.8 Å². The van der Waals surface area contributed by atoms with Crippen molar-refractivity contribution < 1.29 is 13.6 Å². The highest BCUT2D eigenvalue weighted by atomic mass is 19.3. The van der Waals surface area contributed by atoms with Crippen molar-refractivity contribution in [3.8, 4) is 0 Å². The number of alkyl halides is 2. The van der Waals surface area contributed by atoms with E-state index in [-0.39, 0.29) is 0 Å². The number of carbonyl (C=O) groups excluding carboxylic acids is 1. The Hall–Kier alpha value is -3.60. The van der Waals surface area contributed by atoms with Gasteiger partial charge in [-0.1, -0.05) is 67.1 Å². The van der Waals surface area contributed by atoms with Crippen molar-refractivity contribution in [2.45, 2.75) is 78.1 Å². The second kappa shape index (κ2) is 14.7. The lowest BCUT2D eigenvalue weighted by molar-refractivity contribution is -0.116.